The van der Waals surface area contributed by atoms with Crippen LogP contribution in [0.1, 0.15) is 142 Å². The fourth-order valence-corrected chi connectivity index (χ4v) is 6.15. The maximum atomic E-state index is 12.8. The van der Waals surface area contributed by atoms with Crippen LogP contribution in [0.25, 0.3) is 0 Å². The number of aliphatic hydroxyl groups excluding tert-OH is 4. The first-order valence-corrected chi connectivity index (χ1v) is 23.0. The minimum atomic E-state index is -1.55. The number of ether oxygens (including phenoxy) is 4. The third-order valence-corrected chi connectivity index (χ3v) is 9.68. The van der Waals surface area contributed by atoms with Gasteiger partial charge in [-0.2, -0.15) is 0 Å². The van der Waals surface area contributed by atoms with Crippen LogP contribution in [0.4, 0.5) is 0 Å². The van der Waals surface area contributed by atoms with Crippen LogP contribution < -0.4 is 0 Å². The molecule has 0 radical (unpaired) electrons. The molecule has 6 unspecified atom stereocenters. The Morgan fingerprint density at radius 3 is 1.45 bits per heavy atom. The summed E-state index contributed by atoms with van der Waals surface area (Å²) in [6.07, 6.45) is 51.1. The van der Waals surface area contributed by atoms with Gasteiger partial charge in [0.25, 0.3) is 0 Å². The third kappa shape index (κ3) is 31.7. The smallest absolute Gasteiger partial charge is 0.306 e. The van der Waals surface area contributed by atoms with Gasteiger partial charge in [-0.25, -0.2) is 0 Å². The molecule has 0 aromatic carbocycles. The second-order valence-electron chi connectivity index (χ2n) is 15.1. The lowest BCUT2D eigenvalue weighted by Crippen LogP contribution is -2.59. The van der Waals surface area contributed by atoms with Gasteiger partial charge in [-0.1, -0.05) is 149 Å². The summed E-state index contributed by atoms with van der Waals surface area (Å²) < 4.78 is 22.8. The quantitative estimate of drug-likeness (QED) is 0.0274. The molecule has 1 saturated heterocycles. The first-order chi connectivity index (χ1) is 29.4. The molecule has 0 saturated carbocycles. The average molecular weight is 839 g/mol. The minimum Gasteiger partial charge on any atom is -0.457 e. The molecule has 1 fully saturated rings. The summed E-state index contributed by atoms with van der Waals surface area (Å²) in [5.41, 5.74) is 0. The number of hydrogen-bond acceptors (Lipinski definition) is 9. The first kappa shape index (κ1) is 54.9. The van der Waals surface area contributed by atoms with E-state index < -0.39 is 43.4 Å². The molecule has 1 aliphatic heterocycles. The molecule has 1 rings (SSSR count). The van der Waals surface area contributed by atoms with Gasteiger partial charge in [-0.05, 0) is 96.3 Å². The summed E-state index contributed by atoms with van der Waals surface area (Å²) in [4.78, 5) is 12.8. The van der Waals surface area contributed by atoms with Crippen molar-refractivity contribution in [2.45, 2.75) is 179 Å². The van der Waals surface area contributed by atoms with Crippen LogP contribution in [0.5, 0.6) is 0 Å². The molecule has 340 valence electrons. The maximum absolute atomic E-state index is 12.8. The van der Waals surface area contributed by atoms with E-state index >= 15 is 0 Å². The predicted octanol–water partition coefficient (Wildman–Crippen LogP) is 10.6. The number of allylic oxidation sites excluding steroid dienone is 18. The Balaban J connectivity index is 2.32. The van der Waals surface area contributed by atoms with Crippen molar-refractivity contribution in [1.82, 2.24) is 0 Å². The van der Waals surface area contributed by atoms with Crippen LogP contribution in [0.2, 0.25) is 0 Å². The number of esters is 1. The molecule has 0 bridgehead atoms. The highest BCUT2D eigenvalue weighted by Crippen LogP contribution is 2.22. The van der Waals surface area contributed by atoms with E-state index in [1.54, 1.807) is 0 Å². The number of unbranched alkanes of at least 4 members (excludes halogenated alkanes) is 8. The zero-order chi connectivity index (χ0) is 43.6. The van der Waals surface area contributed by atoms with Gasteiger partial charge in [0.2, 0.25) is 0 Å². The third-order valence-electron chi connectivity index (χ3n) is 9.68. The molecule has 0 aliphatic carbocycles. The van der Waals surface area contributed by atoms with Gasteiger partial charge in [0.1, 0.15) is 30.5 Å². The van der Waals surface area contributed by atoms with Crippen molar-refractivity contribution in [2.75, 3.05) is 26.4 Å². The van der Waals surface area contributed by atoms with E-state index in [1.807, 2.05) is 0 Å². The maximum Gasteiger partial charge on any atom is 0.306 e. The van der Waals surface area contributed by atoms with E-state index in [2.05, 4.69) is 123 Å². The summed E-state index contributed by atoms with van der Waals surface area (Å²) in [6.45, 7) is 4.18. The molecule has 1 aliphatic rings. The van der Waals surface area contributed by atoms with Gasteiger partial charge < -0.3 is 39.4 Å². The Bertz CT molecular complexity index is 1270. The van der Waals surface area contributed by atoms with E-state index in [0.717, 1.165) is 116 Å². The fraction of sp³-hybridized carbons (Fsp3) is 0.627. The van der Waals surface area contributed by atoms with Crippen molar-refractivity contribution < 1.29 is 44.2 Å². The van der Waals surface area contributed by atoms with Crippen molar-refractivity contribution in [3.8, 4) is 0 Å². The molecule has 0 aromatic rings. The number of rotatable bonds is 37. The predicted molar refractivity (Wildman–Crippen MR) is 246 cm³/mol. The van der Waals surface area contributed by atoms with Gasteiger partial charge in [-0.3, -0.25) is 4.79 Å². The molecule has 0 spiro atoms. The van der Waals surface area contributed by atoms with Crippen LogP contribution in [0.3, 0.4) is 0 Å². The Hall–Kier alpha value is -3.15. The van der Waals surface area contributed by atoms with Crippen molar-refractivity contribution >= 4 is 5.97 Å². The Labute approximate surface area is 364 Å². The van der Waals surface area contributed by atoms with E-state index in [4.69, 9.17) is 18.9 Å². The van der Waals surface area contributed by atoms with Gasteiger partial charge in [-0.15, -0.1) is 0 Å². The lowest BCUT2D eigenvalue weighted by Gasteiger charge is -2.39. The lowest BCUT2D eigenvalue weighted by molar-refractivity contribution is -0.305. The zero-order valence-electron chi connectivity index (χ0n) is 37.2. The van der Waals surface area contributed by atoms with Gasteiger partial charge in [0, 0.05) is 13.0 Å². The highest BCUT2D eigenvalue weighted by molar-refractivity contribution is 5.69. The zero-order valence-corrected chi connectivity index (χ0v) is 37.2. The number of carbonyl (C=O) groups is 1. The summed E-state index contributed by atoms with van der Waals surface area (Å²) in [5.74, 6) is -0.348. The molecular weight excluding hydrogens is 757 g/mol. The highest BCUT2D eigenvalue weighted by atomic mass is 16.7. The van der Waals surface area contributed by atoms with Crippen molar-refractivity contribution in [2.24, 2.45) is 0 Å². The number of aliphatic hydroxyl groups is 4. The molecular formula is C51H82O9. The van der Waals surface area contributed by atoms with Gasteiger partial charge in [0.05, 0.1) is 19.8 Å². The van der Waals surface area contributed by atoms with Crippen molar-refractivity contribution in [1.29, 1.82) is 0 Å². The van der Waals surface area contributed by atoms with E-state index in [1.165, 1.54) is 6.42 Å². The van der Waals surface area contributed by atoms with Gasteiger partial charge in [0.15, 0.2) is 6.29 Å². The van der Waals surface area contributed by atoms with E-state index in [9.17, 15) is 25.2 Å². The topological polar surface area (TPSA) is 135 Å². The largest absolute Gasteiger partial charge is 0.457 e. The Morgan fingerprint density at radius 1 is 0.533 bits per heavy atom. The van der Waals surface area contributed by atoms with Crippen LogP contribution in [-0.4, -0.2) is 89.6 Å². The van der Waals surface area contributed by atoms with Crippen molar-refractivity contribution in [3.05, 3.63) is 109 Å². The average Bonchev–Trinajstić information content (AvgIpc) is 3.25. The molecule has 6 atom stereocenters. The van der Waals surface area contributed by atoms with Crippen molar-refractivity contribution in [3.63, 3.8) is 0 Å². The molecule has 9 heteroatoms. The molecule has 4 N–H and O–H groups in total. The summed E-state index contributed by atoms with van der Waals surface area (Å²) in [6, 6.07) is 0. The number of carbonyl (C=O) groups excluding carboxylic acids is 1. The van der Waals surface area contributed by atoms with E-state index in [0.29, 0.717) is 6.61 Å². The minimum absolute atomic E-state index is 0.101. The summed E-state index contributed by atoms with van der Waals surface area (Å²) >= 11 is 0. The van der Waals surface area contributed by atoms with E-state index in [-0.39, 0.29) is 25.6 Å². The monoisotopic (exact) mass is 839 g/mol. The Kier molecular flexibility index (Phi) is 37.7. The van der Waals surface area contributed by atoms with Crippen LogP contribution >= 0.6 is 0 Å². The second kappa shape index (κ2) is 41.2. The molecule has 60 heavy (non-hydrogen) atoms. The Morgan fingerprint density at radius 2 is 0.967 bits per heavy atom. The second-order valence-corrected chi connectivity index (χ2v) is 15.1. The molecule has 0 aromatic heterocycles. The molecule has 0 amide bonds. The normalized spacial score (nSPS) is 21.1. The van der Waals surface area contributed by atoms with Crippen LogP contribution in [0.15, 0.2) is 109 Å². The first-order valence-electron chi connectivity index (χ1n) is 23.0. The summed E-state index contributed by atoms with van der Waals surface area (Å²) in [7, 11) is 0. The molecule has 1 heterocycles. The number of hydrogen-bond donors (Lipinski definition) is 4. The highest BCUT2D eigenvalue weighted by Gasteiger charge is 2.44. The van der Waals surface area contributed by atoms with Crippen LogP contribution in [-0.2, 0) is 23.7 Å². The van der Waals surface area contributed by atoms with Gasteiger partial charge >= 0.3 is 5.97 Å². The lowest BCUT2D eigenvalue weighted by atomic mass is 9.99. The fourth-order valence-electron chi connectivity index (χ4n) is 6.15. The molecule has 9 nitrogen and oxygen atoms in total. The van der Waals surface area contributed by atoms with Crippen LogP contribution in [0, 0.1) is 0 Å². The summed E-state index contributed by atoms with van der Waals surface area (Å²) in [5, 5.41) is 40.1. The standard InChI is InChI=1S/C51H82O9/c1-3-5-7-9-11-13-15-17-19-21-23-24-26-28-30-32-34-36-38-40-47(53)59-45(44-58-51-50(56)49(55)48(54)46(42-52)60-51)43-57-41-39-37-35-33-31-29-27-25-22-20-18-16-14-12-10-8-6-4-2/h5-8,11-14,17-20,23-25,27,31,33,45-46,48-52,54-56H,3-4,9-10,15-16,21-22,26,28-30,32,34-44H2,1-2H3/b7-5-,8-6-,13-11-,14-12-,19-17-,20-18-,24-23-,27-25-,33-31-. The SMILES string of the molecule is CC/C=C\C/C=C\C/C=C\C/C=C\C/C=C\CCCCOCC(COC1OC(CO)C(O)C(O)C1O)OC(=O)CCCCCCCC/C=C\C/C=C\C/C=C\C/C=C\CC.